The normalized spacial score (nSPS) is 18.4. The molecule has 1 aliphatic rings. The lowest BCUT2D eigenvalue weighted by Gasteiger charge is -2.31. The van der Waals surface area contributed by atoms with Crippen LogP contribution >= 0.6 is 0 Å². The monoisotopic (exact) mass is 392 g/mol. The van der Waals surface area contributed by atoms with Crippen molar-refractivity contribution in [3.63, 3.8) is 0 Å². The molecular weight excluding hydrogens is 365 g/mol. The van der Waals surface area contributed by atoms with Crippen molar-refractivity contribution in [2.45, 2.75) is 58.7 Å². The van der Waals surface area contributed by atoms with Crippen LogP contribution in [0.2, 0.25) is 0 Å². The average Bonchev–Trinajstić information content (AvgIpc) is 2.86. The van der Waals surface area contributed by atoms with Gasteiger partial charge in [0.25, 0.3) is 0 Å². The molecule has 0 bridgehead atoms. The molecule has 0 radical (unpaired) electrons. The fourth-order valence-corrected chi connectivity index (χ4v) is 3.95. The Labute approximate surface area is 163 Å². The predicted molar refractivity (Wildman–Crippen MR) is 105 cm³/mol. The first-order valence-electron chi connectivity index (χ1n) is 9.80. The summed E-state index contributed by atoms with van der Waals surface area (Å²) in [4.78, 5) is 12.2. The first kappa shape index (κ1) is 20.6. The number of rotatable bonds is 6. The summed E-state index contributed by atoms with van der Waals surface area (Å²) >= 11 is 0. The Morgan fingerprint density at radius 2 is 1.82 bits per heavy atom. The summed E-state index contributed by atoms with van der Waals surface area (Å²) in [7, 11) is 0. The molecular formula is C22H27F3N2O. The van der Waals surface area contributed by atoms with Gasteiger partial charge in [-0.05, 0) is 48.6 Å². The minimum absolute atomic E-state index is 0.00436. The Balaban J connectivity index is 2.11. The molecule has 0 spiro atoms. The highest BCUT2D eigenvalue weighted by Crippen LogP contribution is 2.43. The van der Waals surface area contributed by atoms with Gasteiger partial charge in [0.05, 0.1) is 5.41 Å². The number of halogens is 3. The SMILES string of the molecule is CCCCCc1cccc2cccc(C(N3CC(C)(C)C(=O)N3)C(F)(F)F)c12. The topological polar surface area (TPSA) is 32.3 Å². The Kier molecular flexibility index (Phi) is 5.71. The van der Waals surface area contributed by atoms with Crippen LogP contribution < -0.4 is 5.43 Å². The maximum Gasteiger partial charge on any atom is 0.409 e. The number of carbonyl (C=O) groups is 1. The molecule has 2 aromatic carbocycles. The fourth-order valence-electron chi connectivity index (χ4n) is 3.95. The van der Waals surface area contributed by atoms with Gasteiger partial charge in [-0.15, -0.1) is 0 Å². The van der Waals surface area contributed by atoms with Crippen molar-refractivity contribution in [3.8, 4) is 0 Å². The van der Waals surface area contributed by atoms with Crippen LogP contribution in [0.1, 0.15) is 57.2 Å². The maximum absolute atomic E-state index is 14.2. The third-order valence-corrected chi connectivity index (χ3v) is 5.41. The first-order valence-corrected chi connectivity index (χ1v) is 9.80. The lowest BCUT2D eigenvalue weighted by Crippen LogP contribution is -2.43. The zero-order chi connectivity index (χ0) is 20.5. The number of nitrogens with one attached hydrogen (secondary N) is 1. The number of unbranched alkanes of at least 4 members (excludes halogenated alkanes) is 2. The van der Waals surface area contributed by atoms with E-state index in [1.807, 2.05) is 24.3 Å². The van der Waals surface area contributed by atoms with E-state index >= 15 is 0 Å². The van der Waals surface area contributed by atoms with Crippen molar-refractivity contribution in [1.29, 1.82) is 0 Å². The summed E-state index contributed by atoms with van der Waals surface area (Å²) in [5, 5.41) is 2.51. The minimum atomic E-state index is -4.52. The van der Waals surface area contributed by atoms with Crippen LogP contribution in [-0.4, -0.2) is 23.6 Å². The zero-order valence-electron chi connectivity index (χ0n) is 16.6. The molecule has 1 aliphatic heterocycles. The summed E-state index contributed by atoms with van der Waals surface area (Å²) in [6.45, 7) is 5.43. The number of hydrazine groups is 1. The van der Waals surface area contributed by atoms with Gasteiger partial charge in [-0.1, -0.05) is 56.2 Å². The predicted octanol–water partition coefficient (Wildman–Crippen LogP) is 5.55. The number of aryl methyl sites for hydroxylation is 1. The molecule has 1 saturated heterocycles. The number of carbonyl (C=O) groups excluding carboxylic acids is 1. The van der Waals surface area contributed by atoms with E-state index in [9.17, 15) is 18.0 Å². The van der Waals surface area contributed by atoms with Crippen molar-refractivity contribution >= 4 is 16.7 Å². The lowest BCUT2D eigenvalue weighted by molar-refractivity contribution is -0.191. The van der Waals surface area contributed by atoms with Gasteiger partial charge in [0.15, 0.2) is 6.04 Å². The van der Waals surface area contributed by atoms with Crippen molar-refractivity contribution in [1.82, 2.24) is 10.4 Å². The molecule has 1 heterocycles. The van der Waals surface area contributed by atoms with Crippen LogP contribution in [0.3, 0.4) is 0 Å². The number of alkyl halides is 3. The van der Waals surface area contributed by atoms with Crippen molar-refractivity contribution in [3.05, 3.63) is 47.5 Å². The Morgan fingerprint density at radius 1 is 1.14 bits per heavy atom. The number of amides is 1. The average molecular weight is 392 g/mol. The molecule has 0 saturated carbocycles. The number of hydrogen-bond donors (Lipinski definition) is 1. The van der Waals surface area contributed by atoms with Crippen molar-refractivity contribution in [2.24, 2.45) is 5.41 Å². The van der Waals surface area contributed by atoms with E-state index in [0.29, 0.717) is 5.39 Å². The Morgan fingerprint density at radius 3 is 2.39 bits per heavy atom. The molecule has 0 aliphatic carbocycles. The quantitative estimate of drug-likeness (QED) is 0.654. The maximum atomic E-state index is 14.2. The third kappa shape index (κ3) is 4.02. The van der Waals surface area contributed by atoms with Crippen LogP contribution in [0.5, 0.6) is 0 Å². The van der Waals surface area contributed by atoms with Gasteiger partial charge < -0.3 is 0 Å². The zero-order valence-corrected chi connectivity index (χ0v) is 16.6. The number of benzene rings is 2. The van der Waals surface area contributed by atoms with Crippen LogP contribution in [0.25, 0.3) is 10.8 Å². The van der Waals surface area contributed by atoms with E-state index in [4.69, 9.17) is 0 Å². The molecule has 2 aromatic rings. The van der Waals surface area contributed by atoms with Crippen LogP contribution in [0.4, 0.5) is 13.2 Å². The number of hydrogen-bond acceptors (Lipinski definition) is 2. The van der Waals surface area contributed by atoms with Crippen molar-refractivity contribution < 1.29 is 18.0 Å². The number of nitrogens with zero attached hydrogens (tertiary/aromatic N) is 1. The van der Waals surface area contributed by atoms with Crippen LogP contribution in [0.15, 0.2) is 36.4 Å². The molecule has 1 atom stereocenters. The summed E-state index contributed by atoms with van der Waals surface area (Å²) in [5.41, 5.74) is 2.73. The molecule has 1 unspecified atom stereocenters. The summed E-state index contributed by atoms with van der Waals surface area (Å²) in [6.07, 6.45) is -0.743. The van der Waals surface area contributed by atoms with E-state index in [1.165, 1.54) is 0 Å². The molecule has 3 nitrogen and oxygen atoms in total. The summed E-state index contributed by atoms with van der Waals surface area (Å²) in [6, 6.07) is 8.84. The van der Waals surface area contributed by atoms with Gasteiger partial charge in [-0.25, -0.2) is 5.01 Å². The van der Waals surface area contributed by atoms with Crippen LogP contribution in [-0.2, 0) is 11.2 Å². The van der Waals surface area contributed by atoms with E-state index in [1.54, 1.807) is 26.0 Å². The van der Waals surface area contributed by atoms with Gasteiger partial charge >= 0.3 is 6.18 Å². The second-order valence-electron chi connectivity index (χ2n) is 8.22. The van der Waals surface area contributed by atoms with E-state index < -0.39 is 17.6 Å². The first-order chi connectivity index (χ1) is 13.1. The van der Waals surface area contributed by atoms with Gasteiger partial charge in [0, 0.05) is 6.54 Å². The second-order valence-corrected chi connectivity index (χ2v) is 8.22. The fraction of sp³-hybridized carbons (Fsp3) is 0.500. The molecule has 3 rings (SSSR count). The molecule has 28 heavy (non-hydrogen) atoms. The molecule has 152 valence electrons. The van der Waals surface area contributed by atoms with Gasteiger partial charge in [0.2, 0.25) is 5.91 Å². The summed E-state index contributed by atoms with van der Waals surface area (Å²) < 4.78 is 42.6. The molecule has 1 amide bonds. The summed E-state index contributed by atoms with van der Waals surface area (Å²) in [5.74, 6) is -0.384. The smallest absolute Gasteiger partial charge is 0.287 e. The molecule has 1 N–H and O–H groups in total. The Hall–Kier alpha value is -2.08. The van der Waals surface area contributed by atoms with Gasteiger partial charge in [0.1, 0.15) is 0 Å². The van der Waals surface area contributed by atoms with Gasteiger partial charge in [-0.2, -0.15) is 13.2 Å². The largest absolute Gasteiger partial charge is 0.409 e. The molecule has 0 aromatic heterocycles. The highest BCUT2D eigenvalue weighted by Gasteiger charge is 2.51. The lowest BCUT2D eigenvalue weighted by atomic mass is 9.90. The number of fused-ring (bicyclic) bond motifs is 1. The highest BCUT2D eigenvalue weighted by molar-refractivity contribution is 5.90. The second kappa shape index (κ2) is 7.74. The van der Waals surface area contributed by atoms with Crippen molar-refractivity contribution in [2.75, 3.05) is 6.54 Å². The van der Waals surface area contributed by atoms with Crippen LogP contribution in [0, 0.1) is 5.41 Å². The minimum Gasteiger partial charge on any atom is -0.287 e. The highest BCUT2D eigenvalue weighted by atomic mass is 19.4. The van der Waals surface area contributed by atoms with Gasteiger partial charge in [-0.3, -0.25) is 10.2 Å². The van der Waals surface area contributed by atoms with E-state index in [-0.39, 0.29) is 18.0 Å². The van der Waals surface area contributed by atoms with E-state index in [0.717, 1.165) is 41.6 Å². The molecule has 1 fully saturated rings. The Bertz CT molecular complexity index is 855. The molecule has 6 heteroatoms. The van der Waals surface area contributed by atoms with E-state index in [2.05, 4.69) is 12.3 Å². The standard InChI is InChI=1S/C22H27F3N2O/c1-4-5-6-9-15-10-7-11-16-12-8-13-17(18(15)16)19(22(23,24)25)27-14-21(2,3)20(28)26-27/h7-8,10-13,19H,4-6,9,14H2,1-3H3,(H,26,28). The third-order valence-electron chi connectivity index (χ3n) is 5.41.